The summed E-state index contributed by atoms with van der Waals surface area (Å²) in [5.41, 5.74) is 3.95. The Kier molecular flexibility index (Phi) is 3.09. The van der Waals surface area contributed by atoms with E-state index in [2.05, 4.69) is 20.9 Å². The third-order valence-corrected chi connectivity index (χ3v) is 4.68. The molecule has 0 fully saturated rings. The van der Waals surface area contributed by atoms with Gasteiger partial charge in [0.15, 0.2) is 16.0 Å². The molecule has 7 heteroatoms. The Morgan fingerprint density at radius 1 is 1.13 bits per heavy atom. The van der Waals surface area contributed by atoms with E-state index in [0.717, 1.165) is 27.6 Å². The molecule has 114 valence electrons. The van der Waals surface area contributed by atoms with Crippen LogP contribution in [0.15, 0.2) is 48.9 Å². The second kappa shape index (κ2) is 5.13. The summed E-state index contributed by atoms with van der Waals surface area (Å²) in [5, 5.41) is 5.51. The van der Waals surface area contributed by atoms with Crippen LogP contribution in [0, 0.1) is 6.92 Å². The molecule has 3 aromatic rings. The van der Waals surface area contributed by atoms with Gasteiger partial charge in [-0.05, 0) is 36.2 Å². The smallest absolute Gasteiger partial charge is 0.258 e. The van der Waals surface area contributed by atoms with Crippen molar-refractivity contribution in [3.8, 4) is 11.1 Å². The fourth-order valence-electron chi connectivity index (χ4n) is 2.58. The van der Waals surface area contributed by atoms with Crippen LogP contribution in [0.1, 0.15) is 5.56 Å². The first-order valence-corrected chi connectivity index (χ1v) is 8.11. The van der Waals surface area contributed by atoms with Crippen LogP contribution in [-0.2, 0) is 15.8 Å². The van der Waals surface area contributed by atoms with E-state index in [-0.39, 0.29) is 5.91 Å². The van der Waals surface area contributed by atoms with Crippen molar-refractivity contribution in [1.29, 1.82) is 0 Å². The van der Waals surface area contributed by atoms with Gasteiger partial charge in [0.2, 0.25) is 0 Å². The maximum absolute atomic E-state index is 11.9. The lowest BCUT2D eigenvalue weighted by Gasteiger charge is -2.05. The molecule has 1 N–H and O–H groups in total. The topological polar surface area (TPSA) is 76.9 Å². The predicted octanol–water partition coefficient (Wildman–Crippen LogP) is 2.00. The van der Waals surface area contributed by atoms with Crippen LogP contribution in [0.5, 0.6) is 0 Å². The maximum Gasteiger partial charge on any atom is 0.258 e. The Bertz CT molecular complexity index is 1010. The molecule has 23 heavy (non-hydrogen) atoms. The molecule has 0 bridgehead atoms. The van der Waals surface area contributed by atoms with Gasteiger partial charge < -0.3 is 0 Å². The van der Waals surface area contributed by atoms with Crippen molar-refractivity contribution in [3.05, 3.63) is 54.5 Å². The van der Waals surface area contributed by atoms with E-state index in [9.17, 15) is 9.00 Å². The molecular formula is C16H12N4O2S. The summed E-state index contributed by atoms with van der Waals surface area (Å²) in [7, 11) is -1.57. The summed E-state index contributed by atoms with van der Waals surface area (Å²) >= 11 is 0. The number of aryl methyl sites for hydroxylation is 1. The van der Waals surface area contributed by atoms with Crippen molar-refractivity contribution < 1.29 is 9.00 Å². The van der Waals surface area contributed by atoms with Gasteiger partial charge in [0.05, 0.1) is 11.7 Å². The first-order chi connectivity index (χ1) is 11.1. The lowest BCUT2D eigenvalue weighted by molar-refractivity contribution is -0.114. The number of rotatable bonds is 2. The van der Waals surface area contributed by atoms with Gasteiger partial charge in [0, 0.05) is 29.4 Å². The molecule has 1 aliphatic rings. The number of nitrogens with one attached hydrogen (secondary N) is 1. The number of carbonyl (C=O) groups excluding carboxylic acids is 1. The van der Waals surface area contributed by atoms with E-state index in [0.29, 0.717) is 5.03 Å². The molecule has 1 atom stereocenters. The molecule has 1 unspecified atom stereocenters. The first kappa shape index (κ1) is 13.8. The molecule has 0 spiro atoms. The zero-order chi connectivity index (χ0) is 16.0. The van der Waals surface area contributed by atoms with Gasteiger partial charge in [0.25, 0.3) is 5.91 Å². The maximum atomic E-state index is 11.9. The van der Waals surface area contributed by atoms with Crippen LogP contribution in [0.2, 0.25) is 0 Å². The zero-order valence-electron chi connectivity index (χ0n) is 12.2. The van der Waals surface area contributed by atoms with Crippen LogP contribution in [-0.4, -0.2) is 24.9 Å². The second-order valence-corrected chi connectivity index (χ2v) is 6.46. The molecule has 1 aromatic carbocycles. The molecule has 3 heterocycles. The summed E-state index contributed by atoms with van der Waals surface area (Å²) < 4.78 is 15.8. The third-order valence-electron chi connectivity index (χ3n) is 3.62. The van der Waals surface area contributed by atoms with Crippen molar-refractivity contribution in [3.63, 3.8) is 0 Å². The highest BCUT2D eigenvalue weighted by Gasteiger charge is 2.23. The van der Waals surface area contributed by atoms with Gasteiger partial charge in [-0.25, -0.2) is 8.89 Å². The predicted molar refractivity (Wildman–Crippen MR) is 88.3 cm³/mol. The van der Waals surface area contributed by atoms with E-state index >= 15 is 0 Å². The molecule has 2 aromatic heterocycles. The van der Waals surface area contributed by atoms with Gasteiger partial charge in [-0.15, -0.1) is 0 Å². The number of hydrogen-bond acceptors (Lipinski definition) is 4. The summed E-state index contributed by atoms with van der Waals surface area (Å²) in [6.07, 6.45) is 6.63. The van der Waals surface area contributed by atoms with Crippen LogP contribution in [0.3, 0.4) is 0 Å². The molecule has 0 radical (unpaired) electrons. The molecule has 1 aliphatic heterocycles. The standard InChI is InChI=1S/C16H12N4O2S/c1-10-4-12(8-17-7-10)11-2-3-14-13(5-11)9-18-20(14)16-6-15(21)19-23(16)22/h2-9H,1H3,(H,19,21). The largest absolute Gasteiger partial charge is 0.269 e. The van der Waals surface area contributed by atoms with Crippen LogP contribution in [0.25, 0.3) is 27.1 Å². The minimum absolute atomic E-state index is 0.343. The van der Waals surface area contributed by atoms with E-state index in [4.69, 9.17) is 0 Å². The average molecular weight is 324 g/mol. The fraction of sp³-hybridized carbons (Fsp3) is 0.0625. The van der Waals surface area contributed by atoms with Gasteiger partial charge >= 0.3 is 0 Å². The number of nitrogens with zero attached hydrogens (tertiary/aromatic N) is 3. The minimum atomic E-state index is -1.57. The number of carbonyl (C=O) groups is 1. The average Bonchev–Trinajstić information content (AvgIpc) is 3.09. The molecule has 1 amide bonds. The minimum Gasteiger partial charge on any atom is -0.269 e. The first-order valence-electron chi connectivity index (χ1n) is 6.96. The summed E-state index contributed by atoms with van der Waals surface area (Å²) in [6, 6.07) is 7.93. The van der Waals surface area contributed by atoms with Crippen molar-refractivity contribution in [1.82, 2.24) is 19.5 Å². The van der Waals surface area contributed by atoms with Gasteiger partial charge in [-0.2, -0.15) is 5.10 Å². The van der Waals surface area contributed by atoms with Crippen LogP contribution >= 0.6 is 0 Å². The van der Waals surface area contributed by atoms with Gasteiger partial charge in [0.1, 0.15) is 0 Å². The van der Waals surface area contributed by atoms with Crippen molar-refractivity contribution >= 4 is 32.8 Å². The molecule has 0 aliphatic carbocycles. The summed E-state index contributed by atoms with van der Waals surface area (Å²) in [5.74, 6) is -0.371. The lowest BCUT2D eigenvalue weighted by atomic mass is 10.0. The number of benzene rings is 1. The van der Waals surface area contributed by atoms with Crippen LogP contribution in [0.4, 0.5) is 0 Å². The van der Waals surface area contributed by atoms with E-state index in [1.54, 1.807) is 6.20 Å². The fourth-order valence-corrected chi connectivity index (χ4v) is 3.44. The molecule has 0 saturated heterocycles. The molecule has 0 saturated carbocycles. The van der Waals surface area contributed by atoms with E-state index < -0.39 is 11.0 Å². The highest BCUT2D eigenvalue weighted by atomic mass is 32.2. The quantitative estimate of drug-likeness (QED) is 0.782. The Balaban J connectivity index is 1.82. The normalized spacial score (nSPS) is 17.3. The summed E-state index contributed by atoms with van der Waals surface area (Å²) in [6.45, 7) is 2.00. The van der Waals surface area contributed by atoms with Crippen molar-refractivity contribution in [2.75, 3.05) is 0 Å². The van der Waals surface area contributed by atoms with Gasteiger partial charge in [-0.1, -0.05) is 6.07 Å². The number of fused-ring (bicyclic) bond motifs is 1. The third kappa shape index (κ3) is 2.35. The van der Waals surface area contributed by atoms with Crippen molar-refractivity contribution in [2.45, 2.75) is 6.92 Å². The number of aromatic nitrogens is 3. The van der Waals surface area contributed by atoms with E-state index in [1.165, 1.54) is 10.8 Å². The Morgan fingerprint density at radius 2 is 2.00 bits per heavy atom. The Morgan fingerprint density at radius 3 is 2.74 bits per heavy atom. The molecule has 6 nitrogen and oxygen atoms in total. The van der Waals surface area contributed by atoms with Gasteiger partial charge in [-0.3, -0.25) is 14.5 Å². The van der Waals surface area contributed by atoms with Crippen molar-refractivity contribution in [2.24, 2.45) is 0 Å². The Hall–Kier alpha value is -2.80. The number of hydrogen-bond donors (Lipinski definition) is 1. The lowest BCUT2D eigenvalue weighted by Crippen LogP contribution is -2.17. The highest BCUT2D eigenvalue weighted by molar-refractivity contribution is 7.93. The number of pyridine rings is 1. The monoisotopic (exact) mass is 324 g/mol. The highest BCUT2D eigenvalue weighted by Crippen LogP contribution is 2.27. The SMILES string of the molecule is Cc1cncc(-c2ccc3c(cnn3C3=CC(=O)NS3=O)c2)c1. The second-order valence-electron chi connectivity index (χ2n) is 5.30. The van der Waals surface area contributed by atoms with Crippen LogP contribution < -0.4 is 4.72 Å². The number of amides is 1. The summed E-state index contributed by atoms with van der Waals surface area (Å²) in [4.78, 5) is 15.5. The Labute approximate surface area is 134 Å². The van der Waals surface area contributed by atoms with E-state index in [1.807, 2.05) is 37.5 Å². The molecular weight excluding hydrogens is 312 g/mol. The molecule has 4 rings (SSSR count). The zero-order valence-corrected chi connectivity index (χ0v) is 13.0.